The molecule has 0 saturated heterocycles. The van der Waals surface area contributed by atoms with Crippen molar-refractivity contribution in [3.63, 3.8) is 0 Å². The number of hydrogen-bond acceptors (Lipinski definition) is 1. The van der Waals surface area contributed by atoms with Crippen LogP contribution in [-0.2, 0) is 4.79 Å². The van der Waals surface area contributed by atoms with Crippen molar-refractivity contribution in [2.45, 2.75) is 59.3 Å². The van der Waals surface area contributed by atoms with Crippen LogP contribution in [0.1, 0.15) is 59.3 Å². The predicted molar refractivity (Wildman–Crippen MR) is 62.6 cm³/mol. The zero-order chi connectivity index (χ0) is 11.1. The number of carbonyl (C=O) groups is 1. The summed E-state index contributed by atoms with van der Waals surface area (Å²) in [6.45, 7) is 6.63. The molecule has 2 rings (SSSR count). The van der Waals surface area contributed by atoms with Gasteiger partial charge in [-0.05, 0) is 49.9 Å². The highest BCUT2D eigenvalue weighted by molar-refractivity contribution is 5.78. The van der Waals surface area contributed by atoms with Gasteiger partial charge in [-0.3, -0.25) is 4.79 Å². The Morgan fingerprint density at radius 1 is 1.27 bits per heavy atom. The third-order valence-electron chi connectivity index (χ3n) is 5.17. The maximum absolute atomic E-state index is 11.5. The van der Waals surface area contributed by atoms with E-state index in [-0.39, 0.29) is 0 Å². The van der Waals surface area contributed by atoms with E-state index < -0.39 is 0 Å². The van der Waals surface area contributed by atoms with E-state index in [1.54, 1.807) is 6.92 Å². The molecule has 0 aromatic heterocycles. The Hall–Kier alpha value is -0.330. The lowest BCUT2D eigenvalue weighted by atomic mass is 9.55. The lowest BCUT2D eigenvalue weighted by Crippen LogP contribution is -2.42. The number of rotatable bonds is 1. The molecule has 0 bridgehead atoms. The van der Waals surface area contributed by atoms with Crippen LogP contribution in [0.15, 0.2) is 0 Å². The minimum Gasteiger partial charge on any atom is -0.300 e. The molecule has 2 aliphatic rings. The van der Waals surface area contributed by atoms with Crippen LogP contribution in [0.3, 0.4) is 0 Å². The maximum Gasteiger partial charge on any atom is 0.132 e. The van der Waals surface area contributed by atoms with Crippen molar-refractivity contribution in [1.29, 1.82) is 0 Å². The van der Waals surface area contributed by atoms with Gasteiger partial charge in [0.05, 0.1) is 0 Å². The van der Waals surface area contributed by atoms with E-state index in [1.807, 2.05) is 0 Å². The molecule has 0 radical (unpaired) electrons. The second-order valence-corrected chi connectivity index (χ2v) is 6.21. The SMILES string of the molecule is CC(=O)[C@H]1CC[C@@]2(C)CCC[C@@H](C)[C@H]2C1. The summed E-state index contributed by atoms with van der Waals surface area (Å²) in [6.07, 6.45) is 7.78. The first-order chi connectivity index (χ1) is 7.03. The van der Waals surface area contributed by atoms with E-state index in [0.717, 1.165) is 18.3 Å². The summed E-state index contributed by atoms with van der Waals surface area (Å²) < 4.78 is 0. The number of hydrogen-bond donors (Lipinski definition) is 0. The van der Waals surface area contributed by atoms with Crippen molar-refractivity contribution in [1.82, 2.24) is 0 Å². The average molecular weight is 208 g/mol. The molecule has 15 heavy (non-hydrogen) atoms. The third-order valence-corrected chi connectivity index (χ3v) is 5.17. The summed E-state index contributed by atoms with van der Waals surface area (Å²) in [6, 6.07) is 0. The highest BCUT2D eigenvalue weighted by Gasteiger charge is 2.44. The first kappa shape index (κ1) is 11.2. The molecule has 0 aromatic carbocycles. The highest BCUT2D eigenvalue weighted by atomic mass is 16.1. The number of Topliss-reactive ketones (excluding diaryl/α,β-unsaturated/α-hetero) is 1. The van der Waals surface area contributed by atoms with E-state index in [1.165, 1.54) is 32.1 Å². The monoisotopic (exact) mass is 208 g/mol. The summed E-state index contributed by atoms with van der Waals surface area (Å²) in [5.41, 5.74) is 0.559. The molecule has 0 spiro atoms. The molecular formula is C14H24O. The molecule has 1 nitrogen and oxygen atoms in total. The molecule has 0 unspecified atom stereocenters. The van der Waals surface area contributed by atoms with Gasteiger partial charge in [0.2, 0.25) is 0 Å². The average Bonchev–Trinajstić information content (AvgIpc) is 2.17. The lowest BCUT2D eigenvalue weighted by Gasteiger charge is -2.50. The second kappa shape index (κ2) is 3.92. The van der Waals surface area contributed by atoms with Crippen molar-refractivity contribution in [2.24, 2.45) is 23.2 Å². The third kappa shape index (κ3) is 1.98. The van der Waals surface area contributed by atoms with E-state index in [4.69, 9.17) is 0 Å². The first-order valence-electron chi connectivity index (χ1n) is 6.53. The number of ketones is 1. The molecule has 0 amide bonds. The van der Waals surface area contributed by atoms with E-state index >= 15 is 0 Å². The normalized spacial score (nSPS) is 45.9. The van der Waals surface area contributed by atoms with Crippen LogP contribution in [0.4, 0.5) is 0 Å². The van der Waals surface area contributed by atoms with Gasteiger partial charge >= 0.3 is 0 Å². The van der Waals surface area contributed by atoms with Crippen LogP contribution in [0.2, 0.25) is 0 Å². The Bertz CT molecular complexity index is 258. The summed E-state index contributed by atoms with van der Waals surface area (Å²) in [4.78, 5) is 11.5. The second-order valence-electron chi connectivity index (χ2n) is 6.21. The predicted octanol–water partition coefficient (Wildman–Crippen LogP) is 3.82. The van der Waals surface area contributed by atoms with Gasteiger partial charge in [0.25, 0.3) is 0 Å². The summed E-state index contributed by atoms with van der Waals surface area (Å²) >= 11 is 0. The Kier molecular flexibility index (Phi) is 2.92. The van der Waals surface area contributed by atoms with E-state index in [0.29, 0.717) is 17.1 Å². The zero-order valence-corrected chi connectivity index (χ0v) is 10.4. The number of carbonyl (C=O) groups excluding carboxylic acids is 1. The topological polar surface area (TPSA) is 17.1 Å². The quantitative estimate of drug-likeness (QED) is 0.640. The Morgan fingerprint density at radius 3 is 2.67 bits per heavy atom. The molecule has 2 saturated carbocycles. The van der Waals surface area contributed by atoms with Gasteiger partial charge < -0.3 is 0 Å². The molecule has 4 atom stereocenters. The van der Waals surface area contributed by atoms with Crippen LogP contribution in [0, 0.1) is 23.2 Å². The largest absolute Gasteiger partial charge is 0.300 e. The molecule has 1 heteroatoms. The van der Waals surface area contributed by atoms with Gasteiger partial charge in [-0.1, -0.05) is 26.7 Å². The maximum atomic E-state index is 11.5. The first-order valence-corrected chi connectivity index (χ1v) is 6.53. The van der Waals surface area contributed by atoms with Crippen molar-refractivity contribution in [2.75, 3.05) is 0 Å². The van der Waals surface area contributed by atoms with Gasteiger partial charge in [0.1, 0.15) is 5.78 Å². The van der Waals surface area contributed by atoms with E-state index in [2.05, 4.69) is 13.8 Å². The Labute approximate surface area is 93.6 Å². The minimum absolute atomic E-state index is 0.378. The smallest absolute Gasteiger partial charge is 0.132 e. The molecule has 2 aliphatic carbocycles. The van der Waals surface area contributed by atoms with Crippen LogP contribution < -0.4 is 0 Å². The van der Waals surface area contributed by atoms with Gasteiger partial charge in [-0.15, -0.1) is 0 Å². The fourth-order valence-electron chi connectivity index (χ4n) is 4.03. The molecular weight excluding hydrogens is 184 g/mol. The van der Waals surface area contributed by atoms with Crippen molar-refractivity contribution in [3.05, 3.63) is 0 Å². The van der Waals surface area contributed by atoms with E-state index in [9.17, 15) is 4.79 Å². The fourth-order valence-corrected chi connectivity index (χ4v) is 4.03. The Morgan fingerprint density at radius 2 is 2.00 bits per heavy atom. The standard InChI is InChI=1S/C14H24O/c1-10-5-4-7-14(3)8-6-12(11(2)15)9-13(10)14/h10,12-13H,4-9H2,1-3H3/t10-,12+,13-,14-/m1/s1. The van der Waals surface area contributed by atoms with Crippen LogP contribution >= 0.6 is 0 Å². The molecule has 0 heterocycles. The van der Waals surface area contributed by atoms with Crippen LogP contribution in [-0.4, -0.2) is 5.78 Å². The van der Waals surface area contributed by atoms with Gasteiger partial charge in [-0.2, -0.15) is 0 Å². The molecule has 86 valence electrons. The summed E-state index contributed by atoms with van der Waals surface area (Å²) in [5.74, 6) is 2.46. The summed E-state index contributed by atoms with van der Waals surface area (Å²) in [7, 11) is 0. The van der Waals surface area contributed by atoms with Gasteiger partial charge in [-0.25, -0.2) is 0 Å². The minimum atomic E-state index is 0.378. The van der Waals surface area contributed by atoms with Crippen molar-refractivity contribution >= 4 is 5.78 Å². The van der Waals surface area contributed by atoms with Gasteiger partial charge in [0, 0.05) is 5.92 Å². The Balaban J connectivity index is 2.12. The number of fused-ring (bicyclic) bond motifs is 1. The fraction of sp³-hybridized carbons (Fsp3) is 0.929. The van der Waals surface area contributed by atoms with Crippen molar-refractivity contribution in [3.8, 4) is 0 Å². The zero-order valence-electron chi connectivity index (χ0n) is 10.4. The van der Waals surface area contributed by atoms with Crippen molar-refractivity contribution < 1.29 is 4.79 Å². The van der Waals surface area contributed by atoms with Crippen LogP contribution in [0.5, 0.6) is 0 Å². The van der Waals surface area contributed by atoms with Gasteiger partial charge in [0.15, 0.2) is 0 Å². The molecule has 0 N–H and O–H groups in total. The molecule has 2 fully saturated rings. The molecule has 0 aromatic rings. The van der Waals surface area contributed by atoms with Crippen LogP contribution in [0.25, 0.3) is 0 Å². The summed E-state index contributed by atoms with van der Waals surface area (Å²) in [5, 5.41) is 0. The highest BCUT2D eigenvalue weighted by Crippen LogP contribution is 2.53. The molecule has 0 aliphatic heterocycles. The lowest BCUT2D eigenvalue weighted by molar-refractivity contribution is -0.124.